The van der Waals surface area contributed by atoms with E-state index >= 15 is 0 Å². The number of rotatable bonds is 2. The summed E-state index contributed by atoms with van der Waals surface area (Å²) < 4.78 is 0. The molecule has 1 aromatic rings. The van der Waals surface area contributed by atoms with Crippen LogP contribution in [0.25, 0.3) is 0 Å². The van der Waals surface area contributed by atoms with Crippen LogP contribution in [0.5, 0.6) is 0 Å². The molecule has 0 bridgehead atoms. The lowest BCUT2D eigenvalue weighted by atomic mass is 10.1. The van der Waals surface area contributed by atoms with Crippen molar-refractivity contribution in [1.29, 1.82) is 0 Å². The van der Waals surface area contributed by atoms with Gasteiger partial charge in [-0.1, -0.05) is 23.7 Å². The monoisotopic (exact) mass is 252 g/mol. The molecule has 0 aromatic heterocycles. The molecule has 0 radical (unpaired) electrons. The number of nitrogens with zero attached hydrogens (tertiary/aromatic N) is 1. The fraction of sp³-hybridized carbons (Fsp3) is 0.462. The highest BCUT2D eigenvalue weighted by molar-refractivity contribution is 6.31. The van der Waals surface area contributed by atoms with Crippen molar-refractivity contribution in [1.82, 2.24) is 10.2 Å². The van der Waals surface area contributed by atoms with Crippen molar-refractivity contribution in [3.8, 4) is 0 Å². The molecule has 1 fully saturated rings. The number of halogens is 1. The van der Waals surface area contributed by atoms with E-state index in [1.54, 1.807) is 0 Å². The van der Waals surface area contributed by atoms with E-state index in [1.807, 2.05) is 30.0 Å². The summed E-state index contributed by atoms with van der Waals surface area (Å²) in [6.45, 7) is 4.76. The lowest BCUT2D eigenvalue weighted by molar-refractivity contribution is -0.130. The zero-order valence-corrected chi connectivity index (χ0v) is 10.8. The number of hydrogen-bond donors (Lipinski definition) is 1. The molecular weight excluding hydrogens is 236 g/mol. The average Bonchev–Trinajstić information content (AvgIpc) is 2.48. The van der Waals surface area contributed by atoms with Crippen LogP contribution >= 0.6 is 11.6 Å². The predicted molar refractivity (Wildman–Crippen MR) is 69.1 cm³/mol. The summed E-state index contributed by atoms with van der Waals surface area (Å²) in [5, 5.41) is 3.86. The van der Waals surface area contributed by atoms with Crippen molar-refractivity contribution in [2.75, 3.05) is 19.6 Å². The maximum absolute atomic E-state index is 11.8. The van der Waals surface area contributed by atoms with Gasteiger partial charge in [0.05, 0.1) is 6.54 Å². The van der Waals surface area contributed by atoms with Gasteiger partial charge in [-0.15, -0.1) is 0 Å². The first-order valence-corrected chi connectivity index (χ1v) is 6.28. The third-order valence-corrected chi connectivity index (χ3v) is 3.33. The second-order valence-corrected chi connectivity index (χ2v) is 4.85. The van der Waals surface area contributed by atoms with E-state index in [2.05, 4.69) is 5.32 Å². The van der Waals surface area contributed by atoms with Gasteiger partial charge in [0, 0.05) is 18.1 Å². The first-order chi connectivity index (χ1) is 8.16. The van der Waals surface area contributed by atoms with Crippen molar-refractivity contribution < 1.29 is 4.79 Å². The van der Waals surface area contributed by atoms with Crippen molar-refractivity contribution in [2.24, 2.45) is 0 Å². The minimum atomic E-state index is 0.152. The molecule has 0 spiro atoms. The summed E-state index contributed by atoms with van der Waals surface area (Å²) in [5.41, 5.74) is 2.16. The smallest absolute Gasteiger partial charge is 0.236 e. The van der Waals surface area contributed by atoms with Gasteiger partial charge in [0.25, 0.3) is 0 Å². The molecule has 1 aliphatic heterocycles. The fourth-order valence-corrected chi connectivity index (χ4v) is 2.28. The van der Waals surface area contributed by atoms with Crippen LogP contribution in [0.15, 0.2) is 18.2 Å². The highest BCUT2D eigenvalue weighted by Crippen LogP contribution is 2.19. The van der Waals surface area contributed by atoms with Crippen LogP contribution < -0.4 is 5.32 Å². The number of carbonyl (C=O) groups is 1. The summed E-state index contributed by atoms with van der Waals surface area (Å²) in [6.07, 6.45) is 0.995. The van der Waals surface area contributed by atoms with Crippen molar-refractivity contribution >= 4 is 17.5 Å². The molecule has 92 valence electrons. The lowest BCUT2D eigenvalue weighted by Crippen LogP contribution is -2.34. The molecule has 0 atom stereocenters. The topological polar surface area (TPSA) is 32.3 Å². The molecule has 1 aromatic carbocycles. The first kappa shape index (κ1) is 12.4. The zero-order chi connectivity index (χ0) is 12.3. The van der Waals surface area contributed by atoms with E-state index in [0.717, 1.165) is 35.7 Å². The third-order valence-electron chi connectivity index (χ3n) is 2.98. The van der Waals surface area contributed by atoms with Gasteiger partial charge in [-0.3, -0.25) is 4.79 Å². The normalized spacial score (nSPS) is 17.1. The van der Waals surface area contributed by atoms with Gasteiger partial charge >= 0.3 is 0 Å². The molecule has 0 aliphatic carbocycles. The molecule has 0 unspecified atom stereocenters. The number of amides is 1. The molecule has 1 amide bonds. The van der Waals surface area contributed by atoms with Gasteiger partial charge < -0.3 is 10.2 Å². The Balaban J connectivity index is 2.10. The lowest BCUT2D eigenvalue weighted by Gasteiger charge is -2.21. The second-order valence-electron chi connectivity index (χ2n) is 4.44. The van der Waals surface area contributed by atoms with E-state index < -0.39 is 0 Å². The largest absolute Gasteiger partial charge is 0.337 e. The van der Waals surface area contributed by atoms with Crippen molar-refractivity contribution in [2.45, 2.75) is 19.9 Å². The van der Waals surface area contributed by atoms with Gasteiger partial charge in [-0.2, -0.15) is 0 Å². The molecule has 3 nitrogen and oxygen atoms in total. The molecule has 0 saturated carbocycles. The van der Waals surface area contributed by atoms with Crippen molar-refractivity contribution in [3.63, 3.8) is 0 Å². The molecule has 1 aliphatic rings. The SMILES string of the molecule is Cc1ccc(CN2CCCNCC2=O)c(Cl)c1. The Bertz CT molecular complexity index is 420. The average molecular weight is 253 g/mol. The molecule has 4 heteroatoms. The van der Waals surface area contributed by atoms with E-state index in [9.17, 15) is 4.79 Å². The first-order valence-electron chi connectivity index (χ1n) is 5.90. The van der Waals surface area contributed by atoms with E-state index in [0.29, 0.717) is 13.1 Å². The number of carbonyl (C=O) groups excluding carboxylic acids is 1. The Labute approximate surface area is 107 Å². The maximum Gasteiger partial charge on any atom is 0.236 e. The van der Waals surface area contributed by atoms with Gasteiger partial charge in [0.15, 0.2) is 0 Å². The summed E-state index contributed by atoms with van der Waals surface area (Å²) in [5.74, 6) is 0.152. The second kappa shape index (κ2) is 5.52. The fourth-order valence-electron chi connectivity index (χ4n) is 1.98. The summed E-state index contributed by atoms with van der Waals surface area (Å²) in [7, 11) is 0. The Morgan fingerprint density at radius 3 is 3.06 bits per heavy atom. The Hall–Kier alpha value is -1.06. The zero-order valence-electron chi connectivity index (χ0n) is 10.0. The standard InChI is InChI=1S/C13H17ClN2O/c1-10-3-4-11(12(14)7-10)9-16-6-2-5-15-8-13(16)17/h3-4,7,15H,2,5-6,8-9H2,1H3. The van der Waals surface area contributed by atoms with Crippen LogP contribution in [0.1, 0.15) is 17.5 Å². The number of benzene rings is 1. The minimum Gasteiger partial charge on any atom is -0.337 e. The Morgan fingerprint density at radius 1 is 1.47 bits per heavy atom. The highest BCUT2D eigenvalue weighted by atomic mass is 35.5. The summed E-state index contributed by atoms with van der Waals surface area (Å²) >= 11 is 6.18. The van der Waals surface area contributed by atoms with Crippen molar-refractivity contribution in [3.05, 3.63) is 34.3 Å². The maximum atomic E-state index is 11.8. The van der Waals surface area contributed by atoms with Gasteiger partial charge in [0.1, 0.15) is 0 Å². The van der Waals surface area contributed by atoms with Crippen LogP contribution in [-0.2, 0) is 11.3 Å². The molecule has 1 saturated heterocycles. The van der Waals surface area contributed by atoms with Gasteiger partial charge in [0.2, 0.25) is 5.91 Å². The summed E-state index contributed by atoms with van der Waals surface area (Å²) in [6, 6.07) is 5.97. The third kappa shape index (κ3) is 3.20. The van der Waals surface area contributed by atoms with E-state index in [4.69, 9.17) is 11.6 Å². The molecule has 17 heavy (non-hydrogen) atoms. The predicted octanol–water partition coefficient (Wildman–Crippen LogP) is 1.97. The van der Waals surface area contributed by atoms with Gasteiger partial charge in [-0.25, -0.2) is 0 Å². The molecule has 1 N–H and O–H groups in total. The van der Waals surface area contributed by atoms with Crippen LogP contribution in [0.2, 0.25) is 5.02 Å². The van der Waals surface area contributed by atoms with E-state index in [1.165, 1.54) is 0 Å². The number of hydrogen-bond acceptors (Lipinski definition) is 2. The van der Waals surface area contributed by atoms with Crippen LogP contribution in [0.4, 0.5) is 0 Å². The van der Waals surface area contributed by atoms with Crippen LogP contribution in [-0.4, -0.2) is 30.4 Å². The number of nitrogens with one attached hydrogen (secondary N) is 1. The molecular formula is C13H17ClN2O. The van der Waals surface area contributed by atoms with E-state index in [-0.39, 0.29) is 5.91 Å². The van der Waals surface area contributed by atoms with Gasteiger partial charge in [-0.05, 0) is 37.1 Å². The molecule has 1 heterocycles. The Kier molecular flexibility index (Phi) is 4.02. The highest BCUT2D eigenvalue weighted by Gasteiger charge is 2.17. The Morgan fingerprint density at radius 2 is 2.29 bits per heavy atom. The number of aryl methyl sites for hydroxylation is 1. The van der Waals surface area contributed by atoms with Crippen LogP contribution in [0, 0.1) is 6.92 Å². The molecule has 2 rings (SSSR count). The van der Waals surface area contributed by atoms with Crippen LogP contribution in [0.3, 0.4) is 0 Å². The summed E-state index contributed by atoms with van der Waals surface area (Å²) in [4.78, 5) is 13.7. The quantitative estimate of drug-likeness (QED) is 0.873. The minimum absolute atomic E-state index is 0.152.